The van der Waals surface area contributed by atoms with Crippen molar-refractivity contribution in [1.29, 1.82) is 0 Å². The van der Waals surface area contributed by atoms with E-state index in [4.69, 9.17) is 21.1 Å². The first kappa shape index (κ1) is 13.5. The highest BCUT2D eigenvalue weighted by molar-refractivity contribution is 6.31. The fourth-order valence-corrected chi connectivity index (χ4v) is 2.14. The molecular formula is C14H14ClNO3. The van der Waals surface area contributed by atoms with Crippen molar-refractivity contribution in [1.82, 2.24) is 0 Å². The van der Waals surface area contributed by atoms with Gasteiger partial charge in [0.2, 0.25) is 5.76 Å². The number of carboxylic acid groups (broad SMARTS) is 1. The second-order valence-corrected chi connectivity index (χ2v) is 4.66. The quantitative estimate of drug-likeness (QED) is 0.924. The molecule has 0 spiro atoms. The number of nitrogens with zero attached hydrogens (tertiary/aromatic N) is 1. The average molecular weight is 280 g/mol. The van der Waals surface area contributed by atoms with E-state index in [0.29, 0.717) is 10.9 Å². The van der Waals surface area contributed by atoms with Crippen molar-refractivity contribution in [2.45, 2.75) is 13.0 Å². The van der Waals surface area contributed by atoms with Crippen LogP contribution in [0.3, 0.4) is 0 Å². The maximum atomic E-state index is 10.8. The van der Waals surface area contributed by atoms with Crippen LogP contribution in [0.15, 0.2) is 40.8 Å². The molecule has 0 radical (unpaired) electrons. The maximum absolute atomic E-state index is 10.8. The molecule has 1 aromatic carbocycles. The SMILES string of the molecule is CC(c1ccccc1Cl)N(C)c1ccc(C(=O)O)o1. The molecule has 1 atom stereocenters. The summed E-state index contributed by atoms with van der Waals surface area (Å²) in [5.74, 6) is -0.664. The fourth-order valence-electron chi connectivity index (χ4n) is 1.85. The molecule has 0 amide bonds. The van der Waals surface area contributed by atoms with Crippen LogP contribution in [-0.4, -0.2) is 18.1 Å². The lowest BCUT2D eigenvalue weighted by Crippen LogP contribution is -2.21. The zero-order chi connectivity index (χ0) is 14.0. The molecule has 19 heavy (non-hydrogen) atoms. The highest BCUT2D eigenvalue weighted by Gasteiger charge is 2.18. The van der Waals surface area contributed by atoms with Crippen LogP contribution in [0.4, 0.5) is 5.88 Å². The third kappa shape index (κ3) is 2.74. The molecule has 0 saturated carbocycles. The molecule has 1 unspecified atom stereocenters. The number of carboxylic acids is 1. The molecule has 2 rings (SSSR count). The van der Waals surface area contributed by atoms with Gasteiger partial charge in [0.15, 0.2) is 5.88 Å². The van der Waals surface area contributed by atoms with Crippen LogP contribution in [0.1, 0.15) is 29.1 Å². The average Bonchev–Trinajstić information content (AvgIpc) is 2.87. The second kappa shape index (κ2) is 5.36. The topological polar surface area (TPSA) is 53.7 Å². The molecule has 100 valence electrons. The van der Waals surface area contributed by atoms with Gasteiger partial charge in [0, 0.05) is 18.1 Å². The molecule has 0 fully saturated rings. The standard InChI is InChI=1S/C14H14ClNO3/c1-9(10-5-3-4-6-11(10)15)16(2)13-8-7-12(19-13)14(17)18/h3-9H,1-2H3,(H,17,18). The lowest BCUT2D eigenvalue weighted by Gasteiger charge is -2.25. The Bertz CT molecular complexity index is 594. The lowest BCUT2D eigenvalue weighted by molar-refractivity contribution is 0.0663. The van der Waals surface area contributed by atoms with Crippen LogP contribution in [0.25, 0.3) is 0 Å². The van der Waals surface area contributed by atoms with Crippen molar-refractivity contribution in [2.24, 2.45) is 0 Å². The van der Waals surface area contributed by atoms with Gasteiger partial charge in [-0.3, -0.25) is 0 Å². The molecule has 1 N–H and O–H groups in total. The molecule has 1 heterocycles. The number of aromatic carboxylic acids is 1. The number of benzene rings is 1. The number of rotatable bonds is 4. The predicted octanol–water partition coefficient (Wildman–Crippen LogP) is 3.83. The Hall–Kier alpha value is -1.94. The summed E-state index contributed by atoms with van der Waals surface area (Å²) in [4.78, 5) is 12.6. The maximum Gasteiger partial charge on any atom is 0.371 e. The molecule has 5 heteroatoms. The molecule has 0 bridgehead atoms. The molecule has 0 aliphatic carbocycles. The Kier molecular flexibility index (Phi) is 3.81. The first-order valence-corrected chi connectivity index (χ1v) is 6.19. The highest BCUT2D eigenvalue weighted by atomic mass is 35.5. The summed E-state index contributed by atoms with van der Waals surface area (Å²) in [5.41, 5.74) is 0.958. The van der Waals surface area contributed by atoms with Gasteiger partial charge in [0.05, 0.1) is 6.04 Å². The van der Waals surface area contributed by atoms with Gasteiger partial charge in [-0.05, 0) is 24.6 Å². The van der Waals surface area contributed by atoms with Gasteiger partial charge in [-0.2, -0.15) is 0 Å². The van der Waals surface area contributed by atoms with Gasteiger partial charge in [-0.1, -0.05) is 29.8 Å². The first-order chi connectivity index (χ1) is 9.00. The van der Waals surface area contributed by atoms with E-state index in [0.717, 1.165) is 5.56 Å². The van der Waals surface area contributed by atoms with E-state index in [1.807, 2.05) is 43.1 Å². The summed E-state index contributed by atoms with van der Waals surface area (Å²) in [6.45, 7) is 1.98. The van der Waals surface area contributed by atoms with Crippen molar-refractivity contribution < 1.29 is 14.3 Å². The Labute approximate surface area is 116 Å². The number of halogens is 1. The van der Waals surface area contributed by atoms with Crippen molar-refractivity contribution in [3.05, 3.63) is 52.7 Å². The van der Waals surface area contributed by atoms with Gasteiger partial charge in [-0.25, -0.2) is 4.79 Å². The zero-order valence-corrected chi connectivity index (χ0v) is 11.4. The van der Waals surface area contributed by atoms with Gasteiger partial charge >= 0.3 is 5.97 Å². The van der Waals surface area contributed by atoms with E-state index in [-0.39, 0.29) is 11.8 Å². The largest absolute Gasteiger partial charge is 0.475 e. The monoisotopic (exact) mass is 279 g/mol. The number of furan rings is 1. The Morgan fingerprint density at radius 2 is 2.00 bits per heavy atom. The summed E-state index contributed by atoms with van der Waals surface area (Å²) in [6, 6.07) is 10.6. The van der Waals surface area contributed by atoms with Crippen molar-refractivity contribution in [3.8, 4) is 0 Å². The lowest BCUT2D eigenvalue weighted by atomic mass is 10.1. The number of hydrogen-bond acceptors (Lipinski definition) is 3. The minimum absolute atomic E-state index is 0.0264. The molecule has 0 aliphatic heterocycles. The first-order valence-electron chi connectivity index (χ1n) is 5.81. The molecule has 1 aromatic heterocycles. The number of carbonyl (C=O) groups is 1. The number of hydrogen-bond donors (Lipinski definition) is 1. The fraction of sp³-hybridized carbons (Fsp3) is 0.214. The zero-order valence-electron chi connectivity index (χ0n) is 10.6. The van der Waals surface area contributed by atoms with Gasteiger partial charge < -0.3 is 14.4 Å². The third-order valence-corrected chi connectivity index (χ3v) is 3.43. The smallest absolute Gasteiger partial charge is 0.371 e. The van der Waals surface area contributed by atoms with E-state index >= 15 is 0 Å². The summed E-state index contributed by atoms with van der Waals surface area (Å²) in [7, 11) is 1.83. The van der Waals surface area contributed by atoms with E-state index in [9.17, 15) is 4.79 Å². The molecule has 4 nitrogen and oxygen atoms in total. The van der Waals surface area contributed by atoms with E-state index in [1.165, 1.54) is 6.07 Å². The summed E-state index contributed by atoms with van der Waals surface area (Å²) < 4.78 is 5.27. The van der Waals surface area contributed by atoms with Crippen molar-refractivity contribution in [2.75, 3.05) is 11.9 Å². The Balaban J connectivity index is 2.25. The molecular weight excluding hydrogens is 266 g/mol. The van der Waals surface area contributed by atoms with Crippen LogP contribution in [-0.2, 0) is 0 Å². The summed E-state index contributed by atoms with van der Waals surface area (Å²) in [6.07, 6.45) is 0. The van der Waals surface area contributed by atoms with E-state index in [1.54, 1.807) is 6.07 Å². The van der Waals surface area contributed by atoms with E-state index in [2.05, 4.69) is 0 Å². The second-order valence-electron chi connectivity index (χ2n) is 4.25. The predicted molar refractivity (Wildman–Crippen MR) is 73.9 cm³/mol. The number of anilines is 1. The molecule has 0 saturated heterocycles. The van der Waals surface area contributed by atoms with Crippen LogP contribution in [0.5, 0.6) is 0 Å². The summed E-state index contributed by atoms with van der Waals surface area (Å²) in [5, 5.41) is 9.52. The van der Waals surface area contributed by atoms with Gasteiger partial charge in [-0.15, -0.1) is 0 Å². The van der Waals surface area contributed by atoms with Crippen molar-refractivity contribution >= 4 is 23.5 Å². The van der Waals surface area contributed by atoms with Crippen molar-refractivity contribution in [3.63, 3.8) is 0 Å². The van der Waals surface area contributed by atoms with Crippen LogP contribution in [0, 0.1) is 0 Å². The van der Waals surface area contributed by atoms with Gasteiger partial charge in [0.25, 0.3) is 0 Å². The van der Waals surface area contributed by atoms with E-state index < -0.39 is 5.97 Å². The van der Waals surface area contributed by atoms with Crippen LogP contribution in [0.2, 0.25) is 5.02 Å². The Morgan fingerprint density at radius 3 is 2.58 bits per heavy atom. The molecule has 2 aromatic rings. The third-order valence-electron chi connectivity index (χ3n) is 3.09. The summed E-state index contributed by atoms with van der Waals surface area (Å²) >= 11 is 6.15. The van der Waals surface area contributed by atoms with Crippen LogP contribution < -0.4 is 4.90 Å². The molecule has 0 aliphatic rings. The minimum atomic E-state index is -1.08. The Morgan fingerprint density at radius 1 is 1.32 bits per heavy atom. The highest BCUT2D eigenvalue weighted by Crippen LogP contribution is 2.30. The minimum Gasteiger partial charge on any atom is -0.475 e. The normalized spacial score (nSPS) is 12.2. The van der Waals surface area contributed by atoms with Gasteiger partial charge in [0.1, 0.15) is 0 Å². The van der Waals surface area contributed by atoms with Crippen LogP contribution >= 0.6 is 11.6 Å².